The lowest BCUT2D eigenvalue weighted by atomic mass is 10.1. The van der Waals surface area contributed by atoms with E-state index in [0.717, 1.165) is 31.0 Å². The van der Waals surface area contributed by atoms with Crippen molar-refractivity contribution in [3.8, 4) is 16.9 Å². The molecule has 0 N–H and O–H groups in total. The standard InChI is InChI=1S/C24H30N4/c1-18-8-10-22(11-9-18)28-16-21(15-27-13-12-23(17-27)26(3)4)24(25-28)20-7-5-6-19(2)14-20/h5-11,14,16,23H,12-13,15,17H2,1-4H3/t23-/m1/s1. The second-order valence-corrected chi connectivity index (χ2v) is 8.29. The molecule has 4 heteroatoms. The van der Waals surface area contributed by atoms with Crippen LogP contribution in [0.1, 0.15) is 23.1 Å². The molecule has 1 atom stereocenters. The zero-order chi connectivity index (χ0) is 19.7. The van der Waals surface area contributed by atoms with Crippen molar-refractivity contribution in [1.29, 1.82) is 0 Å². The SMILES string of the molecule is Cc1ccc(-n2cc(CN3CC[C@@H](N(C)C)C3)c(-c3cccc(C)c3)n2)cc1. The van der Waals surface area contributed by atoms with Gasteiger partial charge in [-0.3, -0.25) is 4.90 Å². The molecule has 1 aromatic heterocycles. The van der Waals surface area contributed by atoms with Crippen LogP contribution in [0.3, 0.4) is 0 Å². The number of likely N-dealkylation sites (tertiary alicyclic amines) is 1. The Kier molecular flexibility index (Phi) is 5.33. The Hall–Kier alpha value is -2.43. The van der Waals surface area contributed by atoms with Crippen LogP contribution in [0.25, 0.3) is 16.9 Å². The second-order valence-electron chi connectivity index (χ2n) is 8.29. The summed E-state index contributed by atoms with van der Waals surface area (Å²) in [5, 5.41) is 5.00. The number of nitrogens with zero attached hydrogens (tertiary/aromatic N) is 4. The largest absolute Gasteiger partial charge is 0.305 e. The number of rotatable bonds is 5. The Morgan fingerprint density at radius 3 is 2.50 bits per heavy atom. The quantitative estimate of drug-likeness (QED) is 0.666. The van der Waals surface area contributed by atoms with Crippen molar-refractivity contribution in [3.05, 3.63) is 71.4 Å². The van der Waals surface area contributed by atoms with Gasteiger partial charge in [0.1, 0.15) is 0 Å². The smallest absolute Gasteiger partial charge is 0.0972 e. The summed E-state index contributed by atoms with van der Waals surface area (Å²) < 4.78 is 2.03. The summed E-state index contributed by atoms with van der Waals surface area (Å²) in [6.07, 6.45) is 3.45. The zero-order valence-electron chi connectivity index (χ0n) is 17.4. The molecule has 1 aliphatic rings. The van der Waals surface area contributed by atoms with E-state index < -0.39 is 0 Å². The second kappa shape index (κ2) is 7.90. The maximum Gasteiger partial charge on any atom is 0.0972 e. The van der Waals surface area contributed by atoms with Crippen molar-refractivity contribution in [2.24, 2.45) is 0 Å². The Morgan fingerprint density at radius 1 is 1.04 bits per heavy atom. The first-order valence-corrected chi connectivity index (χ1v) is 10.1. The third-order valence-corrected chi connectivity index (χ3v) is 5.75. The normalized spacial score (nSPS) is 17.5. The number of aromatic nitrogens is 2. The van der Waals surface area contributed by atoms with Gasteiger partial charge in [-0.25, -0.2) is 4.68 Å². The maximum absolute atomic E-state index is 5.00. The Morgan fingerprint density at radius 2 is 1.82 bits per heavy atom. The van der Waals surface area contributed by atoms with E-state index in [9.17, 15) is 0 Å². The predicted molar refractivity (Wildman–Crippen MR) is 116 cm³/mol. The first-order chi connectivity index (χ1) is 13.5. The minimum atomic E-state index is 0.648. The van der Waals surface area contributed by atoms with Crippen molar-refractivity contribution >= 4 is 0 Å². The lowest BCUT2D eigenvalue weighted by Gasteiger charge is -2.20. The fraction of sp³-hybridized carbons (Fsp3) is 0.375. The molecule has 1 saturated heterocycles. The molecule has 0 bridgehead atoms. The van der Waals surface area contributed by atoms with Gasteiger partial charge >= 0.3 is 0 Å². The molecule has 0 radical (unpaired) electrons. The number of aryl methyl sites for hydroxylation is 2. The van der Waals surface area contributed by atoms with Crippen molar-refractivity contribution in [3.63, 3.8) is 0 Å². The molecular formula is C24H30N4. The van der Waals surface area contributed by atoms with Gasteiger partial charge in [-0.2, -0.15) is 5.10 Å². The lowest BCUT2D eigenvalue weighted by Crippen LogP contribution is -2.31. The predicted octanol–water partition coefficient (Wildman–Crippen LogP) is 4.29. The van der Waals surface area contributed by atoms with Crippen molar-refractivity contribution < 1.29 is 0 Å². The summed E-state index contributed by atoms with van der Waals surface area (Å²) in [5.74, 6) is 0. The van der Waals surface area contributed by atoms with Crippen LogP contribution in [0.15, 0.2) is 54.7 Å². The number of benzene rings is 2. The van der Waals surface area contributed by atoms with E-state index in [0.29, 0.717) is 6.04 Å². The molecule has 0 spiro atoms. The third kappa shape index (κ3) is 4.03. The van der Waals surface area contributed by atoms with Gasteiger partial charge in [0.2, 0.25) is 0 Å². The highest BCUT2D eigenvalue weighted by atomic mass is 15.3. The molecule has 1 fully saturated rings. The summed E-state index contributed by atoms with van der Waals surface area (Å²) in [7, 11) is 4.36. The summed E-state index contributed by atoms with van der Waals surface area (Å²) in [5.41, 5.74) is 7.23. The van der Waals surface area contributed by atoms with E-state index in [1.807, 2.05) is 4.68 Å². The molecule has 0 amide bonds. The van der Waals surface area contributed by atoms with Crippen LogP contribution in [0.2, 0.25) is 0 Å². The van der Waals surface area contributed by atoms with Gasteiger partial charge < -0.3 is 4.90 Å². The average Bonchev–Trinajstić information content (AvgIpc) is 3.30. The van der Waals surface area contributed by atoms with Gasteiger partial charge in [0.15, 0.2) is 0 Å². The molecule has 3 aromatic rings. The van der Waals surface area contributed by atoms with E-state index in [1.165, 1.54) is 28.7 Å². The van der Waals surface area contributed by atoms with Crippen LogP contribution in [0.4, 0.5) is 0 Å². The molecule has 1 aliphatic heterocycles. The lowest BCUT2D eigenvalue weighted by molar-refractivity contribution is 0.265. The third-order valence-electron chi connectivity index (χ3n) is 5.75. The minimum absolute atomic E-state index is 0.648. The Bertz CT molecular complexity index is 939. The van der Waals surface area contributed by atoms with Gasteiger partial charge in [-0.1, -0.05) is 41.5 Å². The summed E-state index contributed by atoms with van der Waals surface area (Å²) in [6, 6.07) is 17.9. The molecule has 4 nitrogen and oxygen atoms in total. The van der Waals surface area contributed by atoms with E-state index >= 15 is 0 Å². The van der Waals surface area contributed by atoms with Crippen LogP contribution in [-0.2, 0) is 6.54 Å². The monoisotopic (exact) mass is 374 g/mol. The van der Waals surface area contributed by atoms with Gasteiger partial charge in [0.05, 0.1) is 11.4 Å². The van der Waals surface area contributed by atoms with E-state index in [1.54, 1.807) is 0 Å². The highest BCUT2D eigenvalue weighted by Gasteiger charge is 2.25. The van der Waals surface area contributed by atoms with Gasteiger partial charge in [-0.05, 0) is 52.6 Å². The summed E-state index contributed by atoms with van der Waals surface area (Å²) >= 11 is 0. The molecule has 4 rings (SSSR count). The number of hydrogen-bond acceptors (Lipinski definition) is 3. The topological polar surface area (TPSA) is 24.3 Å². The molecule has 2 aromatic carbocycles. The van der Waals surface area contributed by atoms with Gasteiger partial charge in [0.25, 0.3) is 0 Å². The molecule has 0 unspecified atom stereocenters. The van der Waals surface area contributed by atoms with E-state index in [2.05, 4.69) is 92.5 Å². The van der Waals surface area contributed by atoms with Gasteiger partial charge in [-0.15, -0.1) is 0 Å². The van der Waals surface area contributed by atoms with Crippen LogP contribution in [0, 0.1) is 13.8 Å². The molecular weight excluding hydrogens is 344 g/mol. The molecule has 146 valence electrons. The van der Waals surface area contributed by atoms with Crippen molar-refractivity contribution in [2.75, 3.05) is 27.2 Å². The zero-order valence-corrected chi connectivity index (χ0v) is 17.4. The fourth-order valence-electron chi connectivity index (χ4n) is 4.01. The number of hydrogen-bond donors (Lipinski definition) is 0. The van der Waals surface area contributed by atoms with Crippen LogP contribution < -0.4 is 0 Å². The maximum atomic E-state index is 5.00. The molecule has 2 heterocycles. The highest BCUT2D eigenvalue weighted by Crippen LogP contribution is 2.27. The van der Waals surface area contributed by atoms with Gasteiger partial charge in [0, 0.05) is 43.0 Å². The first kappa shape index (κ1) is 18.9. The molecule has 28 heavy (non-hydrogen) atoms. The molecule has 0 aliphatic carbocycles. The van der Waals surface area contributed by atoms with E-state index in [-0.39, 0.29) is 0 Å². The molecule has 0 saturated carbocycles. The van der Waals surface area contributed by atoms with E-state index in [4.69, 9.17) is 5.10 Å². The Labute approximate surface area is 168 Å². The summed E-state index contributed by atoms with van der Waals surface area (Å²) in [4.78, 5) is 4.90. The average molecular weight is 375 g/mol. The highest BCUT2D eigenvalue weighted by molar-refractivity contribution is 5.64. The summed E-state index contributed by atoms with van der Waals surface area (Å²) in [6.45, 7) is 7.47. The first-order valence-electron chi connectivity index (χ1n) is 10.1. The number of likely N-dealkylation sites (N-methyl/N-ethyl adjacent to an activating group) is 1. The Balaban J connectivity index is 1.68. The van der Waals surface area contributed by atoms with Crippen molar-refractivity contribution in [2.45, 2.75) is 32.9 Å². The van der Waals surface area contributed by atoms with Crippen LogP contribution in [-0.4, -0.2) is 52.8 Å². The fourth-order valence-corrected chi connectivity index (χ4v) is 4.01. The minimum Gasteiger partial charge on any atom is -0.305 e. The van der Waals surface area contributed by atoms with Crippen molar-refractivity contribution in [1.82, 2.24) is 19.6 Å². The van der Waals surface area contributed by atoms with Crippen LogP contribution >= 0.6 is 0 Å². The van der Waals surface area contributed by atoms with Crippen LogP contribution in [0.5, 0.6) is 0 Å².